The van der Waals surface area contributed by atoms with E-state index in [2.05, 4.69) is 25.8 Å². The average molecular weight is 805 g/mol. The van der Waals surface area contributed by atoms with Crippen LogP contribution in [-0.4, -0.2) is 145 Å². The van der Waals surface area contributed by atoms with Gasteiger partial charge in [-0.3, -0.25) is 29.3 Å². The normalized spacial score (nSPS) is 19.8. The molecule has 2 fully saturated rings. The predicted molar refractivity (Wildman–Crippen MR) is 200 cm³/mol. The van der Waals surface area contributed by atoms with Crippen LogP contribution in [0.25, 0.3) is 0 Å². The third kappa shape index (κ3) is 11.7. The Balaban J connectivity index is 0.916. The smallest absolute Gasteiger partial charge is 0.257 e. The second-order valence-corrected chi connectivity index (χ2v) is 13.7. The van der Waals surface area contributed by atoms with Crippen molar-refractivity contribution in [3.8, 4) is 0 Å². The number of nitrogens with zero attached hydrogens (tertiary/aromatic N) is 3. The molecule has 2 aromatic rings. The number of amides is 4. The van der Waals surface area contributed by atoms with Gasteiger partial charge in [0.2, 0.25) is 17.7 Å². The number of rotatable bonds is 21. The summed E-state index contributed by atoms with van der Waals surface area (Å²) >= 11 is 1.40. The first-order chi connectivity index (χ1) is 27.2. The van der Waals surface area contributed by atoms with Gasteiger partial charge in [0.15, 0.2) is 23.1 Å². The average Bonchev–Trinajstić information content (AvgIpc) is 3.70. The molecule has 16 nitrogen and oxygen atoms in total. The minimum absolute atomic E-state index is 0.111. The van der Waals surface area contributed by atoms with Crippen LogP contribution in [0.1, 0.15) is 45.2 Å². The number of likely N-dealkylation sites (N-methyl/N-ethyl adjacent to an activating group) is 1. The fourth-order valence-electron chi connectivity index (χ4n) is 6.12. The molecule has 3 aliphatic rings. The van der Waals surface area contributed by atoms with Gasteiger partial charge in [0.05, 0.1) is 70.0 Å². The minimum atomic E-state index is -1.33. The lowest BCUT2D eigenvalue weighted by molar-refractivity contribution is -0.136. The molecule has 0 radical (unpaired) electrons. The molecule has 5 rings (SSSR count). The van der Waals surface area contributed by atoms with E-state index in [0.29, 0.717) is 50.5 Å². The number of carbonyl (C=O) groups is 5. The largest absolute Gasteiger partial charge is 0.382 e. The van der Waals surface area contributed by atoms with Gasteiger partial charge >= 0.3 is 0 Å². The molecule has 0 bridgehead atoms. The van der Waals surface area contributed by atoms with E-state index in [9.17, 15) is 32.8 Å². The predicted octanol–water partition coefficient (Wildman–Crippen LogP) is 2.14. The molecule has 304 valence electrons. The summed E-state index contributed by atoms with van der Waals surface area (Å²) in [6.45, 7) is 4.12. The minimum Gasteiger partial charge on any atom is -0.382 e. The monoisotopic (exact) mass is 804 g/mol. The number of aldehydes is 1. The lowest BCUT2D eigenvalue weighted by Crippen LogP contribution is -2.53. The zero-order chi connectivity index (χ0) is 39.9. The first kappa shape index (κ1) is 42.5. The summed E-state index contributed by atoms with van der Waals surface area (Å²) in [5.41, 5.74) is 1.21. The van der Waals surface area contributed by atoms with E-state index in [-0.39, 0.29) is 70.2 Å². The summed E-state index contributed by atoms with van der Waals surface area (Å²) < 4.78 is 56.5. The van der Waals surface area contributed by atoms with Crippen LogP contribution in [0, 0.1) is 0 Å². The van der Waals surface area contributed by atoms with Crippen LogP contribution >= 0.6 is 11.3 Å². The Morgan fingerprint density at radius 1 is 1.07 bits per heavy atom. The quantitative estimate of drug-likeness (QED) is 0.0948. The van der Waals surface area contributed by atoms with Gasteiger partial charge in [0, 0.05) is 56.3 Å². The van der Waals surface area contributed by atoms with Gasteiger partial charge in [-0.15, -0.1) is 11.3 Å². The van der Waals surface area contributed by atoms with E-state index in [0.717, 1.165) is 11.2 Å². The van der Waals surface area contributed by atoms with Crippen LogP contribution < -0.4 is 20.9 Å². The van der Waals surface area contributed by atoms with E-state index in [4.69, 9.17) is 23.7 Å². The number of imide groups is 1. The molecule has 1 aromatic heterocycles. The molecule has 4 amide bonds. The number of morpholine rings is 1. The maximum Gasteiger partial charge on any atom is 0.257 e. The number of aromatic nitrogens is 1. The van der Waals surface area contributed by atoms with Gasteiger partial charge in [-0.2, -0.15) is 0 Å². The van der Waals surface area contributed by atoms with Gasteiger partial charge in [-0.05, 0) is 18.6 Å². The van der Waals surface area contributed by atoms with Crippen molar-refractivity contribution >= 4 is 52.1 Å². The molecule has 1 aliphatic carbocycles. The van der Waals surface area contributed by atoms with Crippen LogP contribution in [0.15, 0.2) is 47.4 Å². The SMILES string of the molecule is CN(C(=O)c1c(C=O)cccc1NCCOCCOCCOCCNC(=O)COC1C(F)=C(F)C=CC1c1csc(N2CCOCC2)n1)C1CCC(=O)NC1=O. The van der Waals surface area contributed by atoms with Crippen LogP contribution in [0.4, 0.5) is 19.6 Å². The van der Waals surface area contributed by atoms with Crippen LogP contribution in [0.3, 0.4) is 0 Å². The van der Waals surface area contributed by atoms with Gasteiger partial charge in [-0.25, -0.2) is 13.8 Å². The molecule has 19 heteroatoms. The van der Waals surface area contributed by atoms with Crippen molar-refractivity contribution in [1.29, 1.82) is 0 Å². The second-order valence-electron chi connectivity index (χ2n) is 12.9. The van der Waals surface area contributed by atoms with E-state index in [1.807, 2.05) is 0 Å². The fourth-order valence-corrected chi connectivity index (χ4v) is 7.05. The summed E-state index contributed by atoms with van der Waals surface area (Å²) in [5.74, 6) is -4.82. The first-order valence-electron chi connectivity index (χ1n) is 18.2. The Labute approximate surface area is 326 Å². The highest BCUT2D eigenvalue weighted by atomic mass is 32.1. The van der Waals surface area contributed by atoms with Crippen molar-refractivity contribution in [1.82, 2.24) is 20.5 Å². The van der Waals surface area contributed by atoms with Gasteiger partial charge in [0.1, 0.15) is 18.8 Å². The van der Waals surface area contributed by atoms with Crippen molar-refractivity contribution in [2.75, 3.05) is 103 Å². The molecule has 2 aliphatic heterocycles. The van der Waals surface area contributed by atoms with Crippen molar-refractivity contribution in [2.24, 2.45) is 0 Å². The number of hydrogen-bond acceptors (Lipinski definition) is 14. The Morgan fingerprint density at radius 2 is 1.79 bits per heavy atom. The lowest BCUT2D eigenvalue weighted by atomic mass is 9.93. The summed E-state index contributed by atoms with van der Waals surface area (Å²) in [5, 5.41) is 10.5. The van der Waals surface area contributed by atoms with Crippen LogP contribution in [-0.2, 0) is 38.1 Å². The highest BCUT2D eigenvalue weighted by molar-refractivity contribution is 7.13. The van der Waals surface area contributed by atoms with Crippen molar-refractivity contribution in [2.45, 2.75) is 30.9 Å². The Morgan fingerprint density at radius 3 is 2.50 bits per heavy atom. The number of ether oxygens (including phenoxy) is 5. The number of carbonyl (C=O) groups excluding carboxylic acids is 5. The maximum atomic E-state index is 14.8. The number of hydrogen-bond donors (Lipinski definition) is 3. The molecule has 3 N–H and O–H groups in total. The standard InChI is InChI=1S/C37H46F2N6O10S/c1-44(29-7-8-30(47)43-35(29)49)36(50)32-24(21-46)3-2-4-27(32)40-9-13-51-17-19-54-20-18-52-14-10-41-31(48)22-55-34-25(5-6-26(38)33(34)39)28-23-56-37(42-28)45-11-15-53-16-12-45/h2-6,21,23,25,29,34,40H,7-20,22H2,1H3,(H,41,48)(H,43,47,49). The summed E-state index contributed by atoms with van der Waals surface area (Å²) in [6, 6.07) is 3.96. The number of piperidine rings is 1. The fraction of sp³-hybridized carbons (Fsp3) is 0.514. The molecule has 0 spiro atoms. The van der Waals surface area contributed by atoms with Crippen molar-refractivity contribution < 1.29 is 56.4 Å². The molecule has 2 saturated heterocycles. The first-order valence-corrected chi connectivity index (χ1v) is 19.1. The number of thiazole rings is 1. The van der Waals surface area contributed by atoms with Crippen LogP contribution in [0.2, 0.25) is 0 Å². The molecule has 56 heavy (non-hydrogen) atoms. The summed E-state index contributed by atoms with van der Waals surface area (Å²) in [7, 11) is 1.46. The van der Waals surface area contributed by atoms with Crippen LogP contribution in [0.5, 0.6) is 0 Å². The van der Waals surface area contributed by atoms with E-state index >= 15 is 0 Å². The molecule has 1 aromatic carbocycles. The highest BCUT2D eigenvalue weighted by Crippen LogP contribution is 2.37. The molecule has 3 atom stereocenters. The zero-order valence-electron chi connectivity index (χ0n) is 31.0. The highest BCUT2D eigenvalue weighted by Gasteiger charge is 2.35. The Bertz CT molecular complexity index is 1750. The van der Waals surface area contributed by atoms with E-state index in [1.165, 1.54) is 35.4 Å². The second kappa shape index (κ2) is 21.6. The molecular formula is C37H46F2N6O10S. The molecule has 3 unspecified atom stereocenters. The number of anilines is 2. The van der Waals surface area contributed by atoms with Gasteiger partial charge < -0.3 is 44.1 Å². The van der Waals surface area contributed by atoms with E-state index in [1.54, 1.807) is 17.5 Å². The number of halogens is 2. The Kier molecular flexibility index (Phi) is 16.4. The summed E-state index contributed by atoms with van der Waals surface area (Å²) in [4.78, 5) is 69.3. The van der Waals surface area contributed by atoms with E-state index < -0.39 is 60.0 Å². The van der Waals surface area contributed by atoms with Crippen molar-refractivity contribution in [3.63, 3.8) is 0 Å². The topological polar surface area (TPSA) is 187 Å². The third-order valence-corrected chi connectivity index (χ3v) is 10.0. The number of nitrogens with one attached hydrogen (secondary N) is 3. The zero-order valence-corrected chi connectivity index (χ0v) is 31.8. The molecule has 0 saturated carbocycles. The number of benzene rings is 1. The molecule has 3 heterocycles. The maximum absolute atomic E-state index is 14.8. The number of allylic oxidation sites excluding steroid dienone is 2. The van der Waals surface area contributed by atoms with Crippen molar-refractivity contribution in [3.05, 3.63) is 64.2 Å². The van der Waals surface area contributed by atoms with Gasteiger partial charge in [0.25, 0.3) is 5.91 Å². The third-order valence-electron chi connectivity index (χ3n) is 9.09. The Hall–Kier alpha value is -4.66. The molecular weight excluding hydrogens is 759 g/mol. The summed E-state index contributed by atoms with van der Waals surface area (Å²) in [6.07, 6.45) is 2.09. The van der Waals surface area contributed by atoms with Gasteiger partial charge in [-0.1, -0.05) is 18.2 Å². The lowest BCUT2D eigenvalue weighted by Gasteiger charge is -2.30.